The molecule has 0 radical (unpaired) electrons. The van der Waals surface area contributed by atoms with Crippen molar-refractivity contribution in [3.63, 3.8) is 0 Å². The summed E-state index contributed by atoms with van der Waals surface area (Å²) in [6, 6.07) is 16.9. The van der Waals surface area contributed by atoms with Gasteiger partial charge in [0.25, 0.3) is 5.91 Å². The lowest BCUT2D eigenvalue weighted by atomic mass is 10.0. The van der Waals surface area contributed by atoms with Crippen LogP contribution in [-0.2, 0) is 11.3 Å². The predicted octanol–water partition coefficient (Wildman–Crippen LogP) is 3.76. The molecule has 1 heterocycles. The van der Waals surface area contributed by atoms with E-state index >= 15 is 0 Å². The first-order valence-electron chi connectivity index (χ1n) is 9.47. The molecule has 1 N–H and O–H groups in total. The fourth-order valence-electron chi connectivity index (χ4n) is 3.27. The van der Waals surface area contributed by atoms with E-state index in [-0.39, 0.29) is 11.9 Å². The smallest absolute Gasteiger partial charge is 0.260 e. The molecule has 1 amide bonds. The summed E-state index contributed by atoms with van der Waals surface area (Å²) in [6.45, 7) is 4.52. The summed E-state index contributed by atoms with van der Waals surface area (Å²) < 4.78 is 5.68. The van der Waals surface area contributed by atoms with Gasteiger partial charge in [-0.3, -0.25) is 9.69 Å². The average molecular weight is 398 g/mol. The van der Waals surface area contributed by atoms with Crippen LogP contribution >= 0.6 is 11.6 Å². The van der Waals surface area contributed by atoms with Crippen LogP contribution in [0, 0.1) is 11.3 Å². The van der Waals surface area contributed by atoms with Crippen molar-refractivity contribution in [1.29, 1.82) is 5.26 Å². The third-order valence-electron chi connectivity index (χ3n) is 4.92. The molecule has 28 heavy (non-hydrogen) atoms. The number of ether oxygens (including phenoxy) is 1. The zero-order valence-electron chi connectivity index (χ0n) is 15.9. The van der Waals surface area contributed by atoms with Crippen molar-refractivity contribution in [2.45, 2.75) is 38.5 Å². The van der Waals surface area contributed by atoms with Gasteiger partial charge in [0, 0.05) is 30.7 Å². The van der Waals surface area contributed by atoms with Gasteiger partial charge in [0.15, 0.2) is 6.10 Å². The van der Waals surface area contributed by atoms with Crippen molar-refractivity contribution in [3.8, 4) is 11.8 Å². The lowest BCUT2D eigenvalue weighted by Gasteiger charge is -2.32. The molecule has 3 rings (SSSR count). The molecule has 1 atom stereocenters. The molecular formula is C22H24ClN3O2. The predicted molar refractivity (Wildman–Crippen MR) is 109 cm³/mol. The van der Waals surface area contributed by atoms with Gasteiger partial charge in [-0.25, -0.2) is 0 Å². The van der Waals surface area contributed by atoms with E-state index in [4.69, 9.17) is 21.6 Å². The van der Waals surface area contributed by atoms with E-state index in [0.717, 1.165) is 37.5 Å². The number of nitrogens with one attached hydrogen (secondary N) is 1. The zero-order chi connectivity index (χ0) is 19.9. The standard InChI is InChI=1S/C22H24ClN3O2/c1-16(28-21-8-4-17(14-24)5-9-21)22(27)25-20-10-12-26(13-11-20)15-18-2-6-19(23)7-3-18/h2-9,16,20H,10-13,15H2,1H3,(H,25,27). The van der Waals surface area contributed by atoms with Crippen LogP contribution < -0.4 is 10.1 Å². The van der Waals surface area contributed by atoms with E-state index in [0.29, 0.717) is 11.3 Å². The number of hydrogen-bond donors (Lipinski definition) is 1. The largest absolute Gasteiger partial charge is 0.481 e. The summed E-state index contributed by atoms with van der Waals surface area (Å²) in [4.78, 5) is 14.8. The highest BCUT2D eigenvalue weighted by Crippen LogP contribution is 2.17. The molecule has 0 saturated carbocycles. The summed E-state index contributed by atoms with van der Waals surface area (Å²) in [5.41, 5.74) is 1.81. The highest BCUT2D eigenvalue weighted by Gasteiger charge is 2.23. The van der Waals surface area contributed by atoms with Crippen LogP contribution in [0.2, 0.25) is 5.02 Å². The van der Waals surface area contributed by atoms with Crippen LogP contribution in [0.5, 0.6) is 5.75 Å². The highest BCUT2D eigenvalue weighted by atomic mass is 35.5. The van der Waals surface area contributed by atoms with Gasteiger partial charge in [-0.1, -0.05) is 23.7 Å². The molecule has 0 aromatic heterocycles. The molecule has 1 unspecified atom stereocenters. The second-order valence-electron chi connectivity index (χ2n) is 7.08. The molecule has 2 aromatic rings. The summed E-state index contributed by atoms with van der Waals surface area (Å²) >= 11 is 5.94. The highest BCUT2D eigenvalue weighted by molar-refractivity contribution is 6.30. The summed E-state index contributed by atoms with van der Waals surface area (Å²) in [7, 11) is 0. The van der Waals surface area contributed by atoms with Crippen LogP contribution in [0.1, 0.15) is 30.9 Å². The Hall–Kier alpha value is -2.55. The zero-order valence-corrected chi connectivity index (χ0v) is 16.7. The molecule has 0 spiro atoms. The minimum absolute atomic E-state index is 0.111. The topological polar surface area (TPSA) is 65.4 Å². The van der Waals surface area contributed by atoms with Crippen molar-refractivity contribution in [2.24, 2.45) is 0 Å². The Morgan fingerprint density at radius 2 is 1.86 bits per heavy atom. The molecule has 6 heteroatoms. The number of likely N-dealkylation sites (tertiary alicyclic amines) is 1. The lowest BCUT2D eigenvalue weighted by Crippen LogP contribution is -2.47. The molecule has 0 aliphatic carbocycles. The molecule has 2 aromatic carbocycles. The van der Waals surface area contributed by atoms with E-state index < -0.39 is 6.10 Å². The van der Waals surface area contributed by atoms with Gasteiger partial charge in [-0.2, -0.15) is 5.26 Å². The fourth-order valence-corrected chi connectivity index (χ4v) is 3.39. The van der Waals surface area contributed by atoms with Crippen LogP contribution in [0.3, 0.4) is 0 Å². The lowest BCUT2D eigenvalue weighted by molar-refractivity contribution is -0.128. The number of halogens is 1. The molecule has 1 fully saturated rings. The van der Waals surface area contributed by atoms with Crippen LogP contribution in [0.25, 0.3) is 0 Å². The number of hydrogen-bond acceptors (Lipinski definition) is 4. The van der Waals surface area contributed by atoms with Gasteiger partial charge in [0.05, 0.1) is 11.6 Å². The molecule has 1 aliphatic rings. The number of piperidine rings is 1. The summed E-state index contributed by atoms with van der Waals surface area (Å²) in [5.74, 6) is 0.472. The number of benzene rings is 2. The maximum absolute atomic E-state index is 12.4. The Morgan fingerprint density at radius 3 is 2.46 bits per heavy atom. The molecule has 1 aliphatic heterocycles. The van der Waals surface area contributed by atoms with E-state index in [1.807, 2.05) is 12.1 Å². The van der Waals surface area contributed by atoms with Crippen LogP contribution in [0.15, 0.2) is 48.5 Å². The Kier molecular flexibility index (Phi) is 6.91. The van der Waals surface area contributed by atoms with Gasteiger partial charge in [-0.15, -0.1) is 0 Å². The van der Waals surface area contributed by atoms with Gasteiger partial charge in [0.2, 0.25) is 0 Å². The second-order valence-corrected chi connectivity index (χ2v) is 7.52. The average Bonchev–Trinajstić information content (AvgIpc) is 2.71. The Morgan fingerprint density at radius 1 is 1.21 bits per heavy atom. The van der Waals surface area contributed by atoms with E-state index in [2.05, 4.69) is 28.4 Å². The normalized spacial score (nSPS) is 16.2. The molecule has 1 saturated heterocycles. The monoisotopic (exact) mass is 397 g/mol. The second kappa shape index (κ2) is 9.59. The Labute approximate surface area is 170 Å². The SMILES string of the molecule is CC(Oc1ccc(C#N)cc1)C(=O)NC1CCN(Cc2ccc(Cl)cc2)CC1. The van der Waals surface area contributed by atoms with Crippen LogP contribution in [-0.4, -0.2) is 36.0 Å². The van der Waals surface area contributed by atoms with Gasteiger partial charge in [0.1, 0.15) is 5.75 Å². The van der Waals surface area contributed by atoms with Gasteiger partial charge >= 0.3 is 0 Å². The first kappa shape index (κ1) is 20.2. The minimum atomic E-state index is -0.583. The van der Waals surface area contributed by atoms with Crippen molar-refractivity contribution < 1.29 is 9.53 Å². The fraction of sp³-hybridized carbons (Fsp3) is 0.364. The number of rotatable bonds is 6. The summed E-state index contributed by atoms with van der Waals surface area (Å²) in [6.07, 6.45) is 1.26. The number of carbonyl (C=O) groups is 1. The molecule has 146 valence electrons. The molecular weight excluding hydrogens is 374 g/mol. The number of nitriles is 1. The third-order valence-corrected chi connectivity index (χ3v) is 5.17. The molecule has 5 nitrogen and oxygen atoms in total. The van der Waals surface area contributed by atoms with Gasteiger partial charge in [-0.05, 0) is 61.7 Å². The van der Waals surface area contributed by atoms with E-state index in [1.165, 1.54) is 5.56 Å². The van der Waals surface area contributed by atoms with E-state index in [9.17, 15) is 4.79 Å². The minimum Gasteiger partial charge on any atom is -0.481 e. The Bertz CT molecular complexity index is 822. The van der Waals surface area contributed by atoms with Crippen molar-refractivity contribution in [3.05, 3.63) is 64.7 Å². The van der Waals surface area contributed by atoms with Crippen molar-refractivity contribution in [1.82, 2.24) is 10.2 Å². The summed E-state index contributed by atoms with van der Waals surface area (Å²) in [5, 5.41) is 12.7. The number of carbonyl (C=O) groups excluding carboxylic acids is 1. The third kappa shape index (κ3) is 5.72. The van der Waals surface area contributed by atoms with Gasteiger partial charge < -0.3 is 10.1 Å². The quantitative estimate of drug-likeness (QED) is 0.806. The first-order chi connectivity index (χ1) is 13.5. The maximum atomic E-state index is 12.4. The molecule has 0 bridgehead atoms. The maximum Gasteiger partial charge on any atom is 0.260 e. The first-order valence-corrected chi connectivity index (χ1v) is 9.85. The van der Waals surface area contributed by atoms with Crippen molar-refractivity contribution in [2.75, 3.05) is 13.1 Å². The number of nitrogens with zero attached hydrogens (tertiary/aromatic N) is 2. The Balaban J connectivity index is 1.42. The van der Waals surface area contributed by atoms with Crippen LogP contribution in [0.4, 0.5) is 0 Å². The van der Waals surface area contributed by atoms with E-state index in [1.54, 1.807) is 31.2 Å². The van der Waals surface area contributed by atoms with Crippen molar-refractivity contribution >= 4 is 17.5 Å². The number of amides is 1.